The minimum absolute atomic E-state index is 0.646. The molecule has 0 radical (unpaired) electrons. The molecule has 2 aromatic rings. The molecule has 1 aliphatic heterocycles. The molecule has 0 aliphatic carbocycles. The average molecular weight is 363 g/mol. The smallest absolute Gasteiger partial charge is 0.137 e. The molecular formula is C17H19BrN2O2. The molecule has 0 atom stereocenters. The molecule has 2 heterocycles. The number of nitrogens with zero attached hydrogens (tertiary/aromatic N) is 1. The number of ether oxygens (including phenoxy) is 1. The van der Waals surface area contributed by atoms with Gasteiger partial charge >= 0.3 is 0 Å². The minimum Gasteiger partial charge on any atom is -0.489 e. The van der Waals surface area contributed by atoms with Gasteiger partial charge in [-0.05, 0) is 56.7 Å². The average Bonchev–Trinajstić information content (AvgIpc) is 2.82. The summed E-state index contributed by atoms with van der Waals surface area (Å²) in [6, 6.07) is 6.08. The van der Waals surface area contributed by atoms with E-state index in [9.17, 15) is 0 Å². The van der Waals surface area contributed by atoms with Crippen LogP contribution in [0.3, 0.4) is 0 Å². The van der Waals surface area contributed by atoms with Gasteiger partial charge in [-0.3, -0.25) is 0 Å². The fraction of sp³-hybridized carbons (Fsp3) is 0.353. The first-order valence-electron chi connectivity index (χ1n) is 7.38. The summed E-state index contributed by atoms with van der Waals surface area (Å²) in [6.07, 6.45) is 3.13. The fourth-order valence-electron chi connectivity index (χ4n) is 2.62. The monoisotopic (exact) mass is 362 g/mol. The predicted molar refractivity (Wildman–Crippen MR) is 90.2 cm³/mol. The van der Waals surface area contributed by atoms with Crippen LogP contribution in [-0.2, 0) is 6.42 Å². The maximum atomic E-state index is 5.78. The Hall–Kier alpha value is -1.59. The number of hydrogen-bond acceptors (Lipinski definition) is 4. The molecule has 1 N–H and O–H groups in total. The van der Waals surface area contributed by atoms with Gasteiger partial charge in [0, 0.05) is 22.1 Å². The van der Waals surface area contributed by atoms with Gasteiger partial charge in [-0.1, -0.05) is 21.1 Å². The highest BCUT2D eigenvalue weighted by Crippen LogP contribution is 2.28. The van der Waals surface area contributed by atoms with Crippen molar-refractivity contribution in [3.05, 3.63) is 50.8 Å². The van der Waals surface area contributed by atoms with Crippen LogP contribution in [0.2, 0.25) is 0 Å². The summed E-state index contributed by atoms with van der Waals surface area (Å²) < 4.78 is 12.0. The second-order valence-electron chi connectivity index (χ2n) is 5.50. The SMILES string of the molecule is Cc1noc(C)c1CCNCC1=Cc2cc(Br)ccc2OC1. The number of benzene rings is 1. The number of aromatic nitrogens is 1. The van der Waals surface area contributed by atoms with Crippen molar-refractivity contribution in [3.63, 3.8) is 0 Å². The molecule has 22 heavy (non-hydrogen) atoms. The van der Waals surface area contributed by atoms with E-state index in [0.717, 1.165) is 46.8 Å². The molecule has 0 bridgehead atoms. The third-order valence-corrected chi connectivity index (χ3v) is 4.32. The van der Waals surface area contributed by atoms with Crippen molar-refractivity contribution >= 4 is 22.0 Å². The molecule has 0 saturated heterocycles. The molecule has 4 nitrogen and oxygen atoms in total. The van der Waals surface area contributed by atoms with Crippen LogP contribution in [0, 0.1) is 13.8 Å². The molecule has 0 spiro atoms. The predicted octanol–water partition coefficient (Wildman–Crippen LogP) is 3.66. The lowest BCUT2D eigenvalue weighted by Crippen LogP contribution is -2.24. The van der Waals surface area contributed by atoms with Crippen LogP contribution in [0.5, 0.6) is 5.75 Å². The number of rotatable bonds is 5. The number of aryl methyl sites for hydroxylation is 2. The Morgan fingerprint density at radius 1 is 1.32 bits per heavy atom. The van der Waals surface area contributed by atoms with Crippen molar-refractivity contribution in [2.45, 2.75) is 20.3 Å². The van der Waals surface area contributed by atoms with E-state index in [-0.39, 0.29) is 0 Å². The molecular weight excluding hydrogens is 344 g/mol. The molecule has 3 rings (SSSR count). The molecule has 0 saturated carbocycles. The standard InChI is InChI=1S/C17H19BrN2O2/c1-11-16(12(2)22-20-11)5-6-19-9-13-7-14-8-15(18)3-4-17(14)21-10-13/h3-4,7-8,19H,5-6,9-10H2,1-2H3. The first-order chi connectivity index (χ1) is 10.6. The Labute approximate surface area is 138 Å². The van der Waals surface area contributed by atoms with E-state index in [1.54, 1.807) is 0 Å². The molecule has 5 heteroatoms. The van der Waals surface area contributed by atoms with Gasteiger partial charge < -0.3 is 14.6 Å². The van der Waals surface area contributed by atoms with E-state index >= 15 is 0 Å². The highest BCUT2D eigenvalue weighted by Gasteiger charge is 2.12. The van der Waals surface area contributed by atoms with E-state index in [4.69, 9.17) is 9.26 Å². The third kappa shape index (κ3) is 3.42. The van der Waals surface area contributed by atoms with Crippen LogP contribution in [-0.4, -0.2) is 24.9 Å². The highest BCUT2D eigenvalue weighted by atomic mass is 79.9. The fourth-order valence-corrected chi connectivity index (χ4v) is 3.00. The molecule has 1 aliphatic rings. The third-order valence-electron chi connectivity index (χ3n) is 3.83. The topological polar surface area (TPSA) is 47.3 Å². The summed E-state index contributed by atoms with van der Waals surface area (Å²) in [7, 11) is 0. The minimum atomic E-state index is 0.646. The Morgan fingerprint density at radius 2 is 2.18 bits per heavy atom. The maximum Gasteiger partial charge on any atom is 0.137 e. The van der Waals surface area contributed by atoms with Crippen LogP contribution in [0.25, 0.3) is 6.08 Å². The molecule has 0 amide bonds. The van der Waals surface area contributed by atoms with Gasteiger partial charge in [0.05, 0.1) is 5.69 Å². The van der Waals surface area contributed by atoms with E-state index in [1.807, 2.05) is 26.0 Å². The van der Waals surface area contributed by atoms with E-state index in [1.165, 1.54) is 11.1 Å². The summed E-state index contributed by atoms with van der Waals surface area (Å²) in [5.41, 5.74) is 4.57. The van der Waals surface area contributed by atoms with Crippen LogP contribution in [0.15, 0.2) is 32.8 Å². The van der Waals surface area contributed by atoms with Crippen LogP contribution in [0.1, 0.15) is 22.6 Å². The van der Waals surface area contributed by atoms with Gasteiger partial charge in [0.2, 0.25) is 0 Å². The number of fused-ring (bicyclic) bond motifs is 1. The van der Waals surface area contributed by atoms with Crippen LogP contribution < -0.4 is 10.1 Å². The highest BCUT2D eigenvalue weighted by molar-refractivity contribution is 9.10. The molecule has 0 unspecified atom stereocenters. The first-order valence-corrected chi connectivity index (χ1v) is 8.17. The molecule has 116 valence electrons. The van der Waals surface area contributed by atoms with Gasteiger partial charge in [0.1, 0.15) is 18.1 Å². The number of halogens is 1. The summed E-state index contributed by atoms with van der Waals surface area (Å²) in [5, 5.41) is 7.44. The van der Waals surface area contributed by atoms with Gasteiger partial charge in [-0.25, -0.2) is 0 Å². The molecule has 0 fully saturated rings. The molecule has 1 aromatic heterocycles. The Bertz CT molecular complexity index is 687. The largest absolute Gasteiger partial charge is 0.489 e. The van der Waals surface area contributed by atoms with Crippen LogP contribution >= 0.6 is 15.9 Å². The summed E-state index contributed by atoms with van der Waals surface area (Å²) >= 11 is 3.49. The van der Waals surface area contributed by atoms with Crippen LogP contribution in [0.4, 0.5) is 0 Å². The first kappa shape index (κ1) is 15.3. The zero-order chi connectivity index (χ0) is 15.5. The Morgan fingerprint density at radius 3 is 2.95 bits per heavy atom. The Balaban J connectivity index is 1.54. The molecule has 1 aromatic carbocycles. The van der Waals surface area contributed by atoms with Crippen molar-refractivity contribution in [3.8, 4) is 5.75 Å². The normalized spacial score (nSPS) is 13.5. The van der Waals surface area contributed by atoms with E-state index in [2.05, 4.69) is 38.5 Å². The van der Waals surface area contributed by atoms with E-state index in [0.29, 0.717) is 6.61 Å². The van der Waals surface area contributed by atoms with Gasteiger partial charge in [-0.15, -0.1) is 0 Å². The lowest BCUT2D eigenvalue weighted by molar-refractivity contribution is 0.343. The lowest BCUT2D eigenvalue weighted by atomic mass is 10.1. The van der Waals surface area contributed by atoms with Gasteiger partial charge in [-0.2, -0.15) is 0 Å². The van der Waals surface area contributed by atoms with E-state index < -0.39 is 0 Å². The van der Waals surface area contributed by atoms with Gasteiger partial charge in [0.15, 0.2) is 0 Å². The quantitative estimate of drug-likeness (QED) is 0.824. The Kier molecular flexibility index (Phi) is 4.64. The van der Waals surface area contributed by atoms with Crippen molar-refractivity contribution in [2.24, 2.45) is 0 Å². The lowest BCUT2D eigenvalue weighted by Gasteiger charge is -2.18. The number of nitrogens with one attached hydrogen (secondary N) is 1. The number of hydrogen-bond donors (Lipinski definition) is 1. The maximum absolute atomic E-state index is 5.78. The van der Waals surface area contributed by atoms with Crippen molar-refractivity contribution < 1.29 is 9.26 Å². The van der Waals surface area contributed by atoms with Crippen molar-refractivity contribution in [2.75, 3.05) is 19.7 Å². The zero-order valence-corrected chi connectivity index (χ0v) is 14.4. The van der Waals surface area contributed by atoms with Crippen molar-refractivity contribution in [1.82, 2.24) is 10.5 Å². The summed E-state index contributed by atoms with van der Waals surface area (Å²) in [4.78, 5) is 0. The summed E-state index contributed by atoms with van der Waals surface area (Å²) in [6.45, 7) is 6.31. The zero-order valence-electron chi connectivity index (χ0n) is 12.8. The second-order valence-corrected chi connectivity index (χ2v) is 6.42. The summed E-state index contributed by atoms with van der Waals surface area (Å²) in [5.74, 6) is 1.86. The van der Waals surface area contributed by atoms with Crippen molar-refractivity contribution in [1.29, 1.82) is 0 Å². The van der Waals surface area contributed by atoms with Gasteiger partial charge in [0.25, 0.3) is 0 Å². The second kappa shape index (κ2) is 6.67.